The van der Waals surface area contributed by atoms with Crippen LogP contribution in [0.15, 0.2) is 31.9 Å². The molecule has 0 saturated heterocycles. The van der Waals surface area contributed by atoms with Gasteiger partial charge in [0.2, 0.25) is 41.2 Å². The Balaban J connectivity index is 0.928. The number of halogens is 3. The Morgan fingerprint density at radius 3 is 1.59 bits per heavy atom. The number of amides is 8. The molecule has 0 aromatic carbocycles. The van der Waals surface area contributed by atoms with E-state index in [2.05, 4.69) is 54.8 Å². The van der Waals surface area contributed by atoms with Gasteiger partial charge in [-0.15, -0.1) is 11.6 Å². The van der Waals surface area contributed by atoms with Gasteiger partial charge in [0.05, 0.1) is 174 Å². The molecule has 3 saturated carbocycles. The number of fused-ring (bicyclic) bond motifs is 5. The van der Waals surface area contributed by atoms with Gasteiger partial charge in [0.25, 0.3) is 11.8 Å². The number of methoxy groups -OCH3 is 1. The highest BCUT2D eigenvalue weighted by atomic mass is 127. The van der Waals surface area contributed by atoms with Crippen LogP contribution < -0.4 is 31.9 Å². The molecule has 3 fully saturated rings. The fraction of sp³-hybridized carbons (Fsp3) is 0.757. The number of unbranched alkanes of at least 4 members (excludes halogenated alkanes) is 1. The number of carbonyl (C=O) groups excluding carboxylic acids is 11. The van der Waals surface area contributed by atoms with Crippen LogP contribution in [0.5, 0.6) is 0 Å². The summed E-state index contributed by atoms with van der Waals surface area (Å²) in [5.41, 5.74) is -2.05. The number of carboxylic acid groups (broad SMARTS) is 1. The van der Waals surface area contributed by atoms with Crippen molar-refractivity contribution < 1.29 is 129 Å². The van der Waals surface area contributed by atoms with Crippen molar-refractivity contribution in [1.29, 1.82) is 0 Å². The Kier molecular flexibility index (Phi) is 45.1. The quantitative estimate of drug-likeness (QED) is 0.0115. The van der Waals surface area contributed by atoms with Crippen molar-refractivity contribution in [2.45, 2.75) is 134 Å². The predicted octanol–water partition coefficient (Wildman–Crippen LogP) is 2.63. The summed E-state index contributed by atoms with van der Waals surface area (Å²) in [6, 6.07) is -2.79. The second kappa shape index (κ2) is 52.1. The number of carbonyl (C=O) groups is 12. The minimum Gasteiger partial charge on any atom is -0.481 e. The third-order valence-corrected chi connectivity index (χ3v) is 23.4. The maximum Gasteiger partial charge on any atom is 0.306 e. The van der Waals surface area contributed by atoms with E-state index < -0.39 is 138 Å². The van der Waals surface area contributed by atoms with E-state index in [9.17, 15) is 62.6 Å². The lowest BCUT2D eigenvalue weighted by Gasteiger charge is -2.62. The number of esters is 1. The maximum atomic E-state index is 14.6. The maximum absolute atomic E-state index is 14.6. The van der Waals surface area contributed by atoms with Gasteiger partial charge in [0, 0.05) is 62.6 Å². The van der Waals surface area contributed by atoms with Gasteiger partial charge in [-0.25, -0.2) is 0 Å². The summed E-state index contributed by atoms with van der Waals surface area (Å²) in [4.78, 5) is 157. The zero-order chi connectivity index (χ0) is 81.1. The van der Waals surface area contributed by atoms with Gasteiger partial charge >= 0.3 is 11.9 Å². The molecule has 37 heteroatoms. The Labute approximate surface area is 675 Å². The van der Waals surface area contributed by atoms with Gasteiger partial charge in [-0.05, 0) is 120 Å². The molecule has 8 amide bonds. The summed E-state index contributed by atoms with van der Waals surface area (Å²) in [6.45, 7) is 14.5. The Morgan fingerprint density at radius 1 is 0.604 bits per heavy atom. The molecule has 0 radical (unpaired) electrons. The molecular formula is C74H114BrClIN7O27. The molecule has 0 bridgehead atoms. The molecule has 7 N–H and O–H groups in total. The fourth-order valence-electron chi connectivity index (χ4n) is 14.2. The molecule has 4 aliphatic carbocycles. The van der Waals surface area contributed by atoms with E-state index in [1.54, 1.807) is 48.8 Å². The standard InChI is InChI=1S/C74H114BrClIN7O27/c1-6-64(93)111-74(51(2)45-55-54-11-10-52-46-53(85)14-17-71(52,3)73(54,76)19-18-72(55,74)4)58(86)49-110-50-81-61(89)47-79-68(95)57(12-13-63(91)92)83-62(90)48-80-67(94)56(82-60(88)15-21-84-69(96)65(75)66(77)70(84)97)9-7-8-20-78-59(87)16-22-99-25-26-101-29-30-103-33-34-105-37-38-107-41-42-109-44-43-108-40-39-106-36-35-104-32-31-102-28-27-100-24-23-98-5/h14,17,46,51,54-57H,6-13,15-16,18-45,47-50H2,1-5H3,(H,78,87)(H,79,95)(H,80,94)(H,81,89)(H,82,88)(H,83,90)(H,91,92)/t51-,54-,55-,56-,57-,71-,72-,73+,74?/m0/s1. The van der Waals surface area contributed by atoms with E-state index in [1.807, 2.05) is 19.9 Å². The number of imide groups is 1. The van der Waals surface area contributed by atoms with Crippen molar-refractivity contribution >= 4 is 121 Å². The van der Waals surface area contributed by atoms with Crippen molar-refractivity contribution in [3.8, 4) is 0 Å². The third-order valence-electron chi connectivity index (χ3n) is 20.1. The van der Waals surface area contributed by atoms with E-state index in [4.69, 9.17) is 77.9 Å². The molecule has 628 valence electrons. The van der Waals surface area contributed by atoms with Crippen molar-refractivity contribution in [1.82, 2.24) is 36.8 Å². The minimum atomic E-state index is -1.59. The molecule has 0 spiro atoms. The van der Waals surface area contributed by atoms with Crippen LogP contribution in [0.4, 0.5) is 0 Å². The summed E-state index contributed by atoms with van der Waals surface area (Å²) in [7, 11) is 1.63. The van der Waals surface area contributed by atoms with Gasteiger partial charge in [-0.3, -0.25) is 62.4 Å². The Morgan fingerprint density at radius 2 is 1.10 bits per heavy atom. The van der Waals surface area contributed by atoms with E-state index in [0.717, 1.165) is 10.5 Å². The van der Waals surface area contributed by atoms with Crippen molar-refractivity contribution in [2.75, 3.05) is 199 Å². The average molecular weight is 1780 g/mol. The summed E-state index contributed by atoms with van der Waals surface area (Å²) in [5, 5.41) is 24.4. The van der Waals surface area contributed by atoms with Crippen LogP contribution in [-0.4, -0.2) is 302 Å². The Hall–Kier alpha value is -5.56. The third kappa shape index (κ3) is 31.2. The molecule has 9 atom stereocenters. The van der Waals surface area contributed by atoms with Gasteiger partial charge < -0.3 is 103 Å². The largest absolute Gasteiger partial charge is 0.481 e. The van der Waals surface area contributed by atoms with Crippen LogP contribution in [0, 0.1) is 28.6 Å². The zero-order valence-corrected chi connectivity index (χ0v) is 69.0. The molecule has 5 rings (SSSR count). The Bertz CT molecular complexity index is 3110. The lowest BCUT2D eigenvalue weighted by molar-refractivity contribution is -0.196. The van der Waals surface area contributed by atoms with E-state index in [1.165, 1.54) is 0 Å². The SMILES string of the molecule is CCC(=O)OC1(C(=O)COCNC(=O)CNC(=O)[C@H](CCC(=O)O)NC(=O)CNC(=O)[C@H](CCCCNC(=O)CCOCCOCCOCCOCCOCCOCCOCCOCCOCCOCCOCCOC)NC(=O)CCN2C(=O)C(Br)=C(I)C2=O)[C@@H](C)C[C@H]2[C@@H]3CCC4=CC(=O)C=C[C@]4(C)[C@@]3(Cl)CC[C@@]21C. The normalized spacial score (nSPS) is 22.4. The highest BCUT2D eigenvalue weighted by Gasteiger charge is 2.74. The van der Waals surface area contributed by atoms with Crippen LogP contribution >= 0.6 is 50.1 Å². The van der Waals surface area contributed by atoms with Gasteiger partial charge in [-0.1, -0.05) is 39.3 Å². The van der Waals surface area contributed by atoms with Gasteiger partial charge in [0.15, 0.2) is 11.4 Å². The lowest BCUT2D eigenvalue weighted by atomic mass is 9.46. The molecule has 1 unspecified atom stereocenters. The lowest BCUT2D eigenvalue weighted by Crippen LogP contribution is -2.65. The van der Waals surface area contributed by atoms with Gasteiger partial charge in [0.1, 0.15) is 29.9 Å². The van der Waals surface area contributed by atoms with Gasteiger partial charge in [-0.2, -0.15) is 0 Å². The summed E-state index contributed by atoms with van der Waals surface area (Å²) in [5.74, 6) is -8.89. The summed E-state index contributed by atoms with van der Waals surface area (Å²) in [6.07, 6.45) is 7.19. The van der Waals surface area contributed by atoms with Crippen LogP contribution in [0.2, 0.25) is 0 Å². The fourth-order valence-corrected chi connectivity index (χ4v) is 15.7. The van der Waals surface area contributed by atoms with Crippen LogP contribution in [0.3, 0.4) is 0 Å². The second-order valence-corrected chi connectivity index (χ2v) is 30.0. The first-order valence-electron chi connectivity index (χ1n) is 37.9. The van der Waals surface area contributed by atoms with E-state index in [0.29, 0.717) is 171 Å². The number of Topliss-reactive ketones (excluding diaryl/α,β-unsaturated/α-hetero) is 1. The van der Waals surface area contributed by atoms with E-state index in [-0.39, 0.29) is 96.6 Å². The van der Waals surface area contributed by atoms with Crippen LogP contribution in [0.1, 0.15) is 111 Å². The first-order chi connectivity index (χ1) is 53.3. The number of rotatable bonds is 62. The molecule has 0 aromatic rings. The van der Waals surface area contributed by atoms with E-state index >= 15 is 0 Å². The number of ketones is 2. The number of nitrogens with zero attached hydrogens (tertiary/aromatic N) is 1. The van der Waals surface area contributed by atoms with Crippen molar-refractivity contribution in [3.63, 3.8) is 0 Å². The number of hydrogen-bond donors (Lipinski definition) is 7. The highest BCUT2D eigenvalue weighted by molar-refractivity contribution is 14.1. The van der Waals surface area contributed by atoms with Crippen LogP contribution in [-0.2, 0) is 124 Å². The number of aliphatic carboxylic acids is 1. The molecule has 0 aromatic heterocycles. The van der Waals surface area contributed by atoms with Crippen LogP contribution in [0.25, 0.3) is 0 Å². The first-order valence-corrected chi connectivity index (χ1v) is 40.2. The monoisotopic (exact) mass is 1770 g/mol. The molecule has 111 heavy (non-hydrogen) atoms. The molecule has 34 nitrogen and oxygen atoms in total. The van der Waals surface area contributed by atoms with Crippen molar-refractivity contribution in [3.05, 3.63) is 31.9 Å². The predicted molar refractivity (Wildman–Crippen MR) is 410 cm³/mol. The zero-order valence-electron chi connectivity index (χ0n) is 64.5. The molecule has 5 aliphatic rings. The van der Waals surface area contributed by atoms with Crippen molar-refractivity contribution in [2.24, 2.45) is 28.6 Å². The average Bonchev–Trinajstić information content (AvgIpc) is 1.56. The topological polar surface area (TPSA) is 430 Å². The smallest absolute Gasteiger partial charge is 0.306 e. The number of alkyl halides is 1. The minimum absolute atomic E-state index is 0.00147. The molecule has 1 aliphatic heterocycles. The molecular weight excluding hydrogens is 1660 g/mol. The number of carboxylic acids is 1. The number of ether oxygens (including phenoxy) is 14. The summed E-state index contributed by atoms with van der Waals surface area (Å²) >= 11 is 12.5. The molecule has 1 heterocycles. The second-order valence-electron chi connectivity index (χ2n) is 27.4. The number of allylic oxidation sites excluding steroid dienone is 4. The number of nitrogens with one attached hydrogen (secondary N) is 6. The summed E-state index contributed by atoms with van der Waals surface area (Å²) < 4.78 is 77.4. The number of hydrogen-bond acceptors (Lipinski definition) is 26. The first kappa shape index (κ1) is 96.0. The highest BCUT2D eigenvalue weighted by Crippen LogP contribution is 2.72.